The van der Waals surface area contributed by atoms with Gasteiger partial charge in [0.15, 0.2) is 0 Å². The monoisotopic (exact) mass is 297 g/mol. The summed E-state index contributed by atoms with van der Waals surface area (Å²) < 4.78 is 1.80. The van der Waals surface area contributed by atoms with Gasteiger partial charge in [0.2, 0.25) is 0 Å². The first-order chi connectivity index (χ1) is 10.3. The largest absolute Gasteiger partial charge is 0.507 e. The van der Waals surface area contributed by atoms with E-state index in [0.717, 1.165) is 34.2 Å². The molecule has 1 N–H and O–H groups in total. The smallest absolute Gasteiger partial charge is 0.127 e. The van der Waals surface area contributed by atoms with Crippen molar-refractivity contribution in [2.45, 2.75) is 40.2 Å². The highest BCUT2D eigenvalue weighted by Gasteiger charge is 2.24. The second-order valence-corrected chi connectivity index (χ2v) is 7.15. The molecular formula is C18H23N3O. The van der Waals surface area contributed by atoms with E-state index < -0.39 is 0 Å². The van der Waals surface area contributed by atoms with Crippen LogP contribution in [0.5, 0.6) is 5.75 Å². The summed E-state index contributed by atoms with van der Waals surface area (Å²) in [5.74, 6) is 0.283. The minimum atomic E-state index is 0.169. The standard InChI is InChI=1S/C18H23N3O/c1-11-17-14(20-21(11)5)8-13(9-15(17)22)12-6-7-16(19-10-12)18(2,3)4/h6,8-10,16,22H,7H2,1-5H3. The Morgan fingerprint density at radius 1 is 1.27 bits per heavy atom. The summed E-state index contributed by atoms with van der Waals surface area (Å²) in [4.78, 5) is 4.69. The lowest BCUT2D eigenvalue weighted by Crippen LogP contribution is -2.25. The van der Waals surface area contributed by atoms with Gasteiger partial charge in [-0.15, -0.1) is 0 Å². The Morgan fingerprint density at radius 2 is 2.00 bits per heavy atom. The van der Waals surface area contributed by atoms with Gasteiger partial charge >= 0.3 is 0 Å². The van der Waals surface area contributed by atoms with E-state index in [1.54, 1.807) is 4.68 Å². The van der Waals surface area contributed by atoms with E-state index >= 15 is 0 Å². The molecule has 1 unspecified atom stereocenters. The normalized spacial score (nSPS) is 18.8. The zero-order valence-corrected chi connectivity index (χ0v) is 13.9. The van der Waals surface area contributed by atoms with E-state index in [0.29, 0.717) is 6.04 Å². The molecule has 0 bridgehead atoms. The zero-order valence-electron chi connectivity index (χ0n) is 13.9. The highest BCUT2D eigenvalue weighted by Crippen LogP contribution is 2.34. The molecule has 1 aromatic carbocycles. The fraction of sp³-hybridized carbons (Fsp3) is 0.444. The second-order valence-electron chi connectivity index (χ2n) is 7.15. The van der Waals surface area contributed by atoms with Gasteiger partial charge < -0.3 is 5.11 Å². The molecule has 0 fully saturated rings. The SMILES string of the molecule is Cc1c2c(O)cc(C3=CCC(C(C)(C)C)N=C3)cc2nn1C. The molecule has 1 atom stereocenters. The van der Waals surface area contributed by atoms with Crippen LogP contribution >= 0.6 is 0 Å². The molecule has 2 aromatic rings. The number of aromatic nitrogens is 2. The Hall–Kier alpha value is -2.10. The van der Waals surface area contributed by atoms with Gasteiger partial charge in [0.1, 0.15) is 5.75 Å². The first-order valence-electron chi connectivity index (χ1n) is 7.67. The van der Waals surface area contributed by atoms with Gasteiger partial charge in [-0.3, -0.25) is 9.67 Å². The average molecular weight is 297 g/mol. The molecule has 116 valence electrons. The van der Waals surface area contributed by atoms with E-state index in [2.05, 4.69) is 31.9 Å². The predicted molar refractivity (Wildman–Crippen MR) is 91.4 cm³/mol. The number of allylic oxidation sites excluding steroid dienone is 1. The fourth-order valence-electron chi connectivity index (χ4n) is 2.92. The molecule has 0 radical (unpaired) electrons. The molecule has 0 amide bonds. The second kappa shape index (κ2) is 4.97. The van der Waals surface area contributed by atoms with Crippen LogP contribution in [-0.2, 0) is 7.05 Å². The maximum Gasteiger partial charge on any atom is 0.127 e. The van der Waals surface area contributed by atoms with Crippen LogP contribution in [0.15, 0.2) is 23.2 Å². The molecule has 3 rings (SSSR count). The summed E-state index contributed by atoms with van der Waals surface area (Å²) in [6, 6.07) is 4.15. The highest BCUT2D eigenvalue weighted by molar-refractivity contribution is 6.11. The number of nitrogens with zero attached hydrogens (tertiary/aromatic N) is 3. The summed E-state index contributed by atoms with van der Waals surface area (Å²) in [7, 11) is 1.89. The van der Waals surface area contributed by atoms with Gasteiger partial charge in [-0.2, -0.15) is 5.10 Å². The van der Waals surface area contributed by atoms with E-state index in [1.807, 2.05) is 32.3 Å². The molecule has 1 aliphatic heterocycles. The Bertz CT molecular complexity index is 791. The maximum atomic E-state index is 10.3. The number of phenolic OH excluding ortho intramolecular Hbond substituents is 1. The van der Waals surface area contributed by atoms with Crippen molar-refractivity contribution in [1.29, 1.82) is 0 Å². The average Bonchev–Trinajstić information content (AvgIpc) is 2.73. The van der Waals surface area contributed by atoms with Crippen LogP contribution in [0.2, 0.25) is 0 Å². The van der Waals surface area contributed by atoms with Crippen LogP contribution in [-0.4, -0.2) is 27.1 Å². The lowest BCUT2D eigenvalue weighted by molar-refractivity contribution is 0.324. The number of hydrogen-bond acceptors (Lipinski definition) is 3. The van der Waals surface area contributed by atoms with E-state index in [-0.39, 0.29) is 11.2 Å². The van der Waals surface area contributed by atoms with Crippen molar-refractivity contribution in [3.05, 3.63) is 29.5 Å². The molecule has 0 spiro atoms. The third kappa shape index (κ3) is 2.43. The Kier molecular flexibility index (Phi) is 3.35. The van der Waals surface area contributed by atoms with Crippen molar-refractivity contribution in [2.24, 2.45) is 17.5 Å². The molecule has 4 nitrogen and oxygen atoms in total. The molecule has 1 aromatic heterocycles. The van der Waals surface area contributed by atoms with Crippen molar-refractivity contribution in [1.82, 2.24) is 9.78 Å². The van der Waals surface area contributed by atoms with Gasteiger partial charge in [0.05, 0.1) is 16.9 Å². The van der Waals surface area contributed by atoms with Gasteiger partial charge in [0, 0.05) is 19.0 Å². The number of hydrogen-bond donors (Lipinski definition) is 1. The summed E-state index contributed by atoms with van der Waals surface area (Å²) in [6.45, 7) is 8.59. The summed E-state index contributed by atoms with van der Waals surface area (Å²) >= 11 is 0. The zero-order chi connectivity index (χ0) is 16.1. The third-order valence-corrected chi connectivity index (χ3v) is 4.49. The molecule has 0 aliphatic carbocycles. The topological polar surface area (TPSA) is 50.4 Å². The molecule has 4 heteroatoms. The predicted octanol–water partition coefficient (Wildman–Crippen LogP) is 3.86. The third-order valence-electron chi connectivity index (χ3n) is 4.49. The fourth-order valence-corrected chi connectivity index (χ4v) is 2.92. The molecule has 0 saturated heterocycles. The minimum Gasteiger partial charge on any atom is -0.507 e. The summed E-state index contributed by atoms with van der Waals surface area (Å²) in [5, 5.41) is 15.6. The van der Waals surface area contributed by atoms with Crippen LogP contribution in [0.4, 0.5) is 0 Å². The van der Waals surface area contributed by atoms with Crippen molar-refractivity contribution >= 4 is 22.7 Å². The van der Waals surface area contributed by atoms with Crippen LogP contribution in [0, 0.1) is 12.3 Å². The minimum absolute atomic E-state index is 0.169. The number of benzene rings is 1. The van der Waals surface area contributed by atoms with Crippen LogP contribution in [0.3, 0.4) is 0 Å². The van der Waals surface area contributed by atoms with Crippen LogP contribution in [0.1, 0.15) is 38.4 Å². The van der Waals surface area contributed by atoms with Crippen molar-refractivity contribution in [3.8, 4) is 5.75 Å². The van der Waals surface area contributed by atoms with Crippen molar-refractivity contribution in [3.63, 3.8) is 0 Å². The first-order valence-corrected chi connectivity index (χ1v) is 7.67. The summed E-state index contributed by atoms with van der Waals surface area (Å²) in [5.41, 5.74) is 3.99. The molecule has 1 aliphatic rings. The Balaban J connectivity index is 1.99. The van der Waals surface area contributed by atoms with Gasteiger partial charge in [0.25, 0.3) is 0 Å². The summed E-state index contributed by atoms with van der Waals surface area (Å²) in [6.07, 6.45) is 5.06. The van der Waals surface area contributed by atoms with Gasteiger partial charge in [-0.1, -0.05) is 26.8 Å². The van der Waals surface area contributed by atoms with Crippen LogP contribution < -0.4 is 0 Å². The van der Waals surface area contributed by atoms with E-state index in [4.69, 9.17) is 4.99 Å². The number of aromatic hydroxyl groups is 1. The Morgan fingerprint density at radius 3 is 2.59 bits per heavy atom. The van der Waals surface area contributed by atoms with E-state index in [9.17, 15) is 5.11 Å². The van der Waals surface area contributed by atoms with Crippen LogP contribution in [0.25, 0.3) is 16.5 Å². The lowest BCUT2D eigenvalue weighted by atomic mass is 9.83. The van der Waals surface area contributed by atoms with Gasteiger partial charge in [-0.05, 0) is 42.0 Å². The number of dihydropyridines is 1. The highest BCUT2D eigenvalue weighted by atomic mass is 16.3. The number of fused-ring (bicyclic) bond motifs is 1. The number of phenols is 1. The number of aliphatic imine (C=N–C) groups is 1. The molecule has 0 saturated carbocycles. The van der Waals surface area contributed by atoms with Gasteiger partial charge in [-0.25, -0.2) is 0 Å². The van der Waals surface area contributed by atoms with Crippen molar-refractivity contribution in [2.75, 3.05) is 0 Å². The number of aryl methyl sites for hydroxylation is 2. The molecule has 2 heterocycles. The first kappa shape index (κ1) is 14.8. The van der Waals surface area contributed by atoms with E-state index in [1.165, 1.54) is 0 Å². The Labute approximate surface area is 131 Å². The molecular weight excluding hydrogens is 274 g/mol. The maximum absolute atomic E-state index is 10.3. The number of rotatable bonds is 1. The quantitative estimate of drug-likeness (QED) is 0.869. The van der Waals surface area contributed by atoms with Crippen molar-refractivity contribution < 1.29 is 5.11 Å². The molecule has 22 heavy (non-hydrogen) atoms. The lowest BCUT2D eigenvalue weighted by Gasteiger charge is -2.28.